The molecule has 0 spiro atoms. The molecule has 23 heavy (non-hydrogen) atoms. The monoisotopic (exact) mass is 311 g/mol. The zero-order valence-electron chi connectivity index (χ0n) is 14.3. The Bertz CT molecular complexity index is 664. The van der Waals surface area contributed by atoms with E-state index < -0.39 is 6.10 Å². The van der Waals surface area contributed by atoms with Gasteiger partial charge in [0, 0.05) is 6.54 Å². The second kappa shape index (κ2) is 7.82. The van der Waals surface area contributed by atoms with Crippen LogP contribution in [0.15, 0.2) is 48.5 Å². The molecule has 0 fully saturated rings. The standard InChI is InChI=1S/C20H25NO2/c1-14(2)18-11-7-8-12-19(18)23-16(4)20(22)21-13-17-10-6-5-9-15(17)3/h5-12,14,16H,13H2,1-4H3,(H,21,22)/t16-/m0/s1. The minimum Gasteiger partial charge on any atom is -0.481 e. The molecule has 2 aromatic carbocycles. The molecule has 0 aromatic heterocycles. The molecule has 0 radical (unpaired) electrons. The summed E-state index contributed by atoms with van der Waals surface area (Å²) in [6.45, 7) is 8.58. The largest absolute Gasteiger partial charge is 0.481 e. The first-order valence-corrected chi connectivity index (χ1v) is 8.07. The van der Waals surface area contributed by atoms with E-state index in [-0.39, 0.29) is 5.91 Å². The molecular formula is C20H25NO2. The lowest BCUT2D eigenvalue weighted by Gasteiger charge is -2.19. The molecule has 0 aliphatic carbocycles. The maximum atomic E-state index is 12.3. The van der Waals surface area contributed by atoms with E-state index in [1.54, 1.807) is 6.92 Å². The zero-order valence-corrected chi connectivity index (χ0v) is 14.3. The van der Waals surface area contributed by atoms with E-state index in [0.29, 0.717) is 12.5 Å². The highest BCUT2D eigenvalue weighted by molar-refractivity contribution is 5.80. The van der Waals surface area contributed by atoms with E-state index in [1.165, 1.54) is 5.56 Å². The number of carbonyl (C=O) groups is 1. The normalized spacial score (nSPS) is 12.0. The van der Waals surface area contributed by atoms with Crippen molar-refractivity contribution in [2.45, 2.75) is 46.3 Å². The number of amides is 1. The third kappa shape index (κ3) is 4.59. The van der Waals surface area contributed by atoms with Crippen molar-refractivity contribution < 1.29 is 9.53 Å². The van der Waals surface area contributed by atoms with Crippen LogP contribution in [0.2, 0.25) is 0 Å². The number of benzene rings is 2. The van der Waals surface area contributed by atoms with Gasteiger partial charge in [0.05, 0.1) is 0 Å². The SMILES string of the molecule is Cc1ccccc1CNC(=O)[C@H](C)Oc1ccccc1C(C)C. The van der Waals surface area contributed by atoms with Crippen LogP contribution in [0.3, 0.4) is 0 Å². The van der Waals surface area contributed by atoms with Crippen molar-refractivity contribution in [3.63, 3.8) is 0 Å². The molecular weight excluding hydrogens is 286 g/mol. The van der Waals surface area contributed by atoms with Crippen LogP contribution in [-0.2, 0) is 11.3 Å². The molecule has 2 aromatic rings. The smallest absolute Gasteiger partial charge is 0.261 e. The van der Waals surface area contributed by atoms with Gasteiger partial charge in [-0.25, -0.2) is 0 Å². The van der Waals surface area contributed by atoms with Crippen molar-refractivity contribution in [1.82, 2.24) is 5.32 Å². The topological polar surface area (TPSA) is 38.3 Å². The first-order valence-electron chi connectivity index (χ1n) is 8.07. The minimum absolute atomic E-state index is 0.105. The lowest BCUT2D eigenvalue weighted by Crippen LogP contribution is -2.36. The number of rotatable bonds is 6. The third-order valence-corrected chi connectivity index (χ3v) is 3.93. The summed E-state index contributed by atoms with van der Waals surface area (Å²) < 4.78 is 5.88. The molecule has 1 N–H and O–H groups in total. The van der Waals surface area contributed by atoms with Gasteiger partial charge < -0.3 is 10.1 Å². The van der Waals surface area contributed by atoms with E-state index in [2.05, 4.69) is 19.2 Å². The average molecular weight is 311 g/mol. The second-order valence-electron chi connectivity index (χ2n) is 6.10. The van der Waals surface area contributed by atoms with Crippen molar-refractivity contribution >= 4 is 5.91 Å². The molecule has 1 amide bonds. The van der Waals surface area contributed by atoms with Crippen LogP contribution in [0.1, 0.15) is 43.4 Å². The molecule has 0 unspecified atom stereocenters. The number of nitrogens with one attached hydrogen (secondary N) is 1. The summed E-state index contributed by atoms with van der Waals surface area (Å²) in [7, 11) is 0. The summed E-state index contributed by atoms with van der Waals surface area (Å²) in [4.78, 5) is 12.3. The van der Waals surface area contributed by atoms with E-state index in [4.69, 9.17) is 4.74 Å². The predicted octanol–water partition coefficient (Wildman–Crippen LogP) is 4.20. The van der Waals surface area contributed by atoms with Gasteiger partial charge in [-0.05, 0) is 42.5 Å². The Morgan fingerprint density at radius 1 is 1.04 bits per heavy atom. The van der Waals surface area contributed by atoms with Gasteiger partial charge in [0.1, 0.15) is 5.75 Å². The van der Waals surface area contributed by atoms with Crippen molar-refractivity contribution in [2.24, 2.45) is 0 Å². The fourth-order valence-corrected chi connectivity index (χ4v) is 2.44. The van der Waals surface area contributed by atoms with Crippen LogP contribution in [0.5, 0.6) is 5.75 Å². The maximum Gasteiger partial charge on any atom is 0.261 e. The summed E-state index contributed by atoms with van der Waals surface area (Å²) >= 11 is 0. The molecule has 0 aliphatic heterocycles. The minimum atomic E-state index is -0.529. The van der Waals surface area contributed by atoms with Gasteiger partial charge >= 0.3 is 0 Å². The molecule has 1 atom stereocenters. The Hall–Kier alpha value is -2.29. The number of hydrogen-bond acceptors (Lipinski definition) is 2. The van der Waals surface area contributed by atoms with Gasteiger partial charge in [-0.2, -0.15) is 0 Å². The Labute approximate surface area is 138 Å². The average Bonchev–Trinajstić information content (AvgIpc) is 2.54. The van der Waals surface area contributed by atoms with Crippen molar-refractivity contribution in [3.8, 4) is 5.75 Å². The molecule has 0 saturated carbocycles. The van der Waals surface area contributed by atoms with E-state index >= 15 is 0 Å². The lowest BCUT2D eigenvalue weighted by molar-refractivity contribution is -0.127. The third-order valence-electron chi connectivity index (χ3n) is 3.93. The number of para-hydroxylation sites is 1. The fraction of sp³-hybridized carbons (Fsp3) is 0.350. The lowest BCUT2D eigenvalue weighted by atomic mass is 10.0. The first-order chi connectivity index (χ1) is 11.0. The summed E-state index contributed by atoms with van der Waals surface area (Å²) in [5.41, 5.74) is 3.41. The highest BCUT2D eigenvalue weighted by Gasteiger charge is 2.17. The molecule has 3 nitrogen and oxygen atoms in total. The maximum absolute atomic E-state index is 12.3. The van der Waals surface area contributed by atoms with Gasteiger partial charge in [0.2, 0.25) is 0 Å². The van der Waals surface area contributed by atoms with E-state index in [0.717, 1.165) is 16.9 Å². The Morgan fingerprint density at radius 2 is 1.70 bits per heavy atom. The van der Waals surface area contributed by atoms with Gasteiger partial charge in [-0.15, -0.1) is 0 Å². The number of ether oxygens (including phenoxy) is 1. The molecule has 3 heteroatoms. The van der Waals surface area contributed by atoms with Crippen LogP contribution >= 0.6 is 0 Å². The van der Waals surface area contributed by atoms with Crippen molar-refractivity contribution in [1.29, 1.82) is 0 Å². The summed E-state index contributed by atoms with van der Waals surface area (Å²) in [5, 5.41) is 2.94. The number of aryl methyl sites for hydroxylation is 1. The molecule has 0 heterocycles. The Balaban J connectivity index is 1.97. The highest BCUT2D eigenvalue weighted by atomic mass is 16.5. The fourth-order valence-electron chi connectivity index (χ4n) is 2.44. The molecule has 0 aliphatic rings. The van der Waals surface area contributed by atoms with Crippen molar-refractivity contribution in [2.75, 3.05) is 0 Å². The quantitative estimate of drug-likeness (QED) is 0.868. The summed E-state index contributed by atoms with van der Waals surface area (Å²) in [5.74, 6) is 1.03. The highest BCUT2D eigenvalue weighted by Crippen LogP contribution is 2.26. The first kappa shape index (κ1) is 17.1. The number of carbonyl (C=O) groups excluding carboxylic acids is 1. The van der Waals surface area contributed by atoms with Crippen LogP contribution in [0.25, 0.3) is 0 Å². The predicted molar refractivity (Wildman–Crippen MR) is 93.6 cm³/mol. The molecule has 122 valence electrons. The number of hydrogen-bond donors (Lipinski definition) is 1. The van der Waals surface area contributed by atoms with Gasteiger partial charge in [0.25, 0.3) is 5.91 Å². The molecule has 2 rings (SSSR count). The van der Waals surface area contributed by atoms with E-state index in [9.17, 15) is 4.79 Å². The summed E-state index contributed by atoms with van der Waals surface area (Å²) in [6.07, 6.45) is -0.529. The van der Waals surface area contributed by atoms with E-state index in [1.807, 2.05) is 55.5 Å². The van der Waals surface area contributed by atoms with Crippen molar-refractivity contribution in [3.05, 3.63) is 65.2 Å². The van der Waals surface area contributed by atoms with Crippen LogP contribution in [-0.4, -0.2) is 12.0 Å². The van der Waals surface area contributed by atoms with Crippen LogP contribution in [0, 0.1) is 6.92 Å². The Morgan fingerprint density at radius 3 is 2.39 bits per heavy atom. The Kier molecular flexibility index (Phi) is 5.80. The van der Waals surface area contributed by atoms with Gasteiger partial charge in [-0.3, -0.25) is 4.79 Å². The van der Waals surface area contributed by atoms with Crippen LogP contribution in [0.4, 0.5) is 0 Å². The zero-order chi connectivity index (χ0) is 16.8. The molecule has 0 bridgehead atoms. The van der Waals surface area contributed by atoms with Crippen LogP contribution < -0.4 is 10.1 Å². The van der Waals surface area contributed by atoms with Gasteiger partial charge in [-0.1, -0.05) is 56.3 Å². The second-order valence-corrected chi connectivity index (χ2v) is 6.10. The summed E-state index contributed by atoms with van der Waals surface area (Å²) in [6, 6.07) is 15.9. The molecule has 0 saturated heterocycles. The van der Waals surface area contributed by atoms with Gasteiger partial charge in [0.15, 0.2) is 6.10 Å².